The Kier molecular flexibility index (Phi) is 3.98. The number of carbonyl (C=O) groups is 2. The maximum absolute atomic E-state index is 12.0. The van der Waals surface area contributed by atoms with Gasteiger partial charge >= 0.3 is 11.8 Å². The third-order valence-corrected chi connectivity index (χ3v) is 3.87. The van der Waals surface area contributed by atoms with Gasteiger partial charge in [0.15, 0.2) is 0 Å². The molecule has 1 N–H and O–H groups in total. The summed E-state index contributed by atoms with van der Waals surface area (Å²) in [5.41, 5.74) is 0.701. The summed E-state index contributed by atoms with van der Waals surface area (Å²) in [6.07, 6.45) is 0. The maximum Gasteiger partial charge on any atom is 0.312 e. The van der Waals surface area contributed by atoms with E-state index in [1.807, 2.05) is 13.8 Å². The first-order chi connectivity index (χ1) is 9.04. The average Bonchev–Trinajstić information content (AvgIpc) is 2.82. The molecule has 0 aliphatic carbocycles. The number of carbonyl (C=O) groups excluding carboxylic acids is 2. The van der Waals surface area contributed by atoms with E-state index in [-0.39, 0.29) is 6.04 Å². The van der Waals surface area contributed by atoms with Crippen molar-refractivity contribution in [1.82, 2.24) is 19.4 Å². The topological polar surface area (TPSA) is 78.4 Å². The minimum absolute atomic E-state index is 0.0485. The summed E-state index contributed by atoms with van der Waals surface area (Å²) < 4.78 is 3.84. The largest absolute Gasteiger partial charge is 0.377 e. The zero-order valence-corrected chi connectivity index (χ0v) is 12.0. The van der Waals surface area contributed by atoms with E-state index in [4.69, 9.17) is 0 Å². The molecular formula is C11H17N5O2S. The second-order valence-electron chi connectivity index (χ2n) is 4.62. The molecule has 7 nitrogen and oxygen atoms in total. The minimum atomic E-state index is -0.463. The van der Waals surface area contributed by atoms with Crippen molar-refractivity contribution in [3.05, 3.63) is 5.69 Å². The van der Waals surface area contributed by atoms with E-state index >= 15 is 0 Å². The number of aromatic nitrogens is 2. The number of amides is 2. The van der Waals surface area contributed by atoms with Crippen LogP contribution in [0.2, 0.25) is 0 Å². The molecule has 1 aliphatic heterocycles. The van der Waals surface area contributed by atoms with Crippen molar-refractivity contribution >= 4 is 28.3 Å². The number of nitrogens with zero attached hydrogens (tertiary/aromatic N) is 4. The van der Waals surface area contributed by atoms with Crippen molar-refractivity contribution in [1.29, 1.82) is 0 Å². The van der Waals surface area contributed by atoms with Gasteiger partial charge in [-0.1, -0.05) is 4.49 Å². The lowest BCUT2D eigenvalue weighted by Crippen LogP contribution is -2.55. The molecule has 1 fully saturated rings. The van der Waals surface area contributed by atoms with E-state index in [1.54, 1.807) is 11.9 Å². The SMILES string of the molecule is CNc1snnc1CN1CCN(C(C)C)C(=O)C1=O. The molecule has 0 atom stereocenters. The van der Waals surface area contributed by atoms with Crippen LogP contribution < -0.4 is 5.32 Å². The van der Waals surface area contributed by atoms with Gasteiger partial charge in [0, 0.05) is 37.7 Å². The smallest absolute Gasteiger partial charge is 0.312 e. The van der Waals surface area contributed by atoms with Crippen molar-refractivity contribution in [3.8, 4) is 0 Å². The quantitative estimate of drug-likeness (QED) is 0.796. The van der Waals surface area contributed by atoms with Gasteiger partial charge in [0.1, 0.15) is 10.7 Å². The highest BCUT2D eigenvalue weighted by Gasteiger charge is 2.34. The molecule has 0 bridgehead atoms. The molecule has 0 spiro atoms. The summed E-state index contributed by atoms with van der Waals surface area (Å²) >= 11 is 1.24. The summed E-state index contributed by atoms with van der Waals surface area (Å²) in [6, 6.07) is 0.0485. The number of hydrogen-bond donors (Lipinski definition) is 1. The van der Waals surface area contributed by atoms with Gasteiger partial charge in [0.25, 0.3) is 0 Å². The molecule has 1 saturated heterocycles. The van der Waals surface area contributed by atoms with Crippen LogP contribution in [0.25, 0.3) is 0 Å². The Bertz CT molecular complexity index is 487. The molecule has 2 heterocycles. The lowest BCUT2D eigenvalue weighted by molar-refractivity contribution is -0.157. The minimum Gasteiger partial charge on any atom is -0.377 e. The highest BCUT2D eigenvalue weighted by Crippen LogP contribution is 2.20. The Hall–Kier alpha value is -1.70. The zero-order chi connectivity index (χ0) is 14.0. The number of rotatable bonds is 4. The summed E-state index contributed by atoms with van der Waals surface area (Å²) in [5, 5.41) is 7.79. The van der Waals surface area contributed by atoms with Gasteiger partial charge in [0.05, 0.1) is 6.54 Å². The van der Waals surface area contributed by atoms with Gasteiger partial charge in [-0.3, -0.25) is 9.59 Å². The Morgan fingerprint density at radius 3 is 2.68 bits per heavy atom. The van der Waals surface area contributed by atoms with Crippen molar-refractivity contribution < 1.29 is 9.59 Å². The number of hydrogen-bond acceptors (Lipinski definition) is 6. The Morgan fingerprint density at radius 2 is 2.05 bits per heavy atom. The fourth-order valence-corrected chi connectivity index (χ4v) is 2.54. The van der Waals surface area contributed by atoms with Crippen LogP contribution >= 0.6 is 11.5 Å². The fourth-order valence-electron chi connectivity index (χ4n) is 2.02. The van der Waals surface area contributed by atoms with Crippen LogP contribution in [-0.2, 0) is 16.1 Å². The molecule has 19 heavy (non-hydrogen) atoms. The number of anilines is 1. The third kappa shape index (κ3) is 2.67. The summed E-state index contributed by atoms with van der Waals surface area (Å²) in [7, 11) is 1.78. The highest BCUT2D eigenvalue weighted by molar-refractivity contribution is 7.10. The lowest BCUT2D eigenvalue weighted by Gasteiger charge is -2.35. The fraction of sp³-hybridized carbons (Fsp3) is 0.636. The molecule has 0 saturated carbocycles. The van der Waals surface area contributed by atoms with Gasteiger partial charge in [-0.15, -0.1) is 5.10 Å². The van der Waals surface area contributed by atoms with Crippen LogP contribution in [0.4, 0.5) is 5.00 Å². The molecule has 8 heteroatoms. The predicted octanol–water partition coefficient (Wildman–Crippen LogP) is 0.159. The van der Waals surface area contributed by atoms with E-state index in [0.29, 0.717) is 25.3 Å². The number of nitrogens with one attached hydrogen (secondary N) is 1. The standard InChI is InChI=1S/C11H17N5O2S/c1-7(2)16-5-4-15(10(17)11(16)18)6-8-9(12-3)19-14-13-8/h7,12H,4-6H2,1-3H3. The molecule has 0 radical (unpaired) electrons. The summed E-state index contributed by atoms with van der Waals surface area (Å²) in [4.78, 5) is 27.1. The lowest BCUT2D eigenvalue weighted by atomic mass is 10.2. The van der Waals surface area contributed by atoms with Crippen molar-refractivity contribution in [2.24, 2.45) is 0 Å². The maximum atomic E-state index is 12.0. The second kappa shape index (κ2) is 5.52. The van der Waals surface area contributed by atoms with Crippen LogP contribution in [0, 0.1) is 0 Å². The molecule has 0 aromatic carbocycles. The number of piperazine rings is 1. The van der Waals surface area contributed by atoms with Gasteiger partial charge in [-0.05, 0) is 13.8 Å². The van der Waals surface area contributed by atoms with Crippen molar-refractivity contribution in [3.63, 3.8) is 0 Å². The first-order valence-electron chi connectivity index (χ1n) is 6.13. The normalized spacial score (nSPS) is 16.4. The monoisotopic (exact) mass is 283 g/mol. The molecule has 1 aromatic rings. The molecular weight excluding hydrogens is 266 g/mol. The Balaban J connectivity index is 2.08. The van der Waals surface area contributed by atoms with Crippen LogP contribution in [-0.4, -0.2) is 57.4 Å². The molecule has 2 amide bonds. The van der Waals surface area contributed by atoms with Gasteiger partial charge in [0.2, 0.25) is 0 Å². The van der Waals surface area contributed by atoms with Crippen molar-refractivity contribution in [2.45, 2.75) is 26.4 Å². The van der Waals surface area contributed by atoms with Crippen LogP contribution in [0.15, 0.2) is 0 Å². The van der Waals surface area contributed by atoms with E-state index < -0.39 is 11.8 Å². The van der Waals surface area contributed by atoms with E-state index in [2.05, 4.69) is 14.9 Å². The zero-order valence-electron chi connectivity index (χ0n) is 11.2. The Labute approximate surface area is 115 Å². The predicted molar refractivity (Wildman–Crippen MR) is 71.7 cm³/mol. The molecule has 104 valence electrons. The molecule has 0 unspecified atom stereocenters. The summed E-state index contributed by atoms with van der Waals surface area (Å²) in [5.74, 6) is -0.898. The first kappa shape index (κ1) is 13.7. The Morgan fingerprint density at radius 1 is 1.32 bits per heavy atom. The van der Waals surface area contributed by atoms with E-state index in [0.717, 1.165) is 5.00 Å². The van der Waals surface area contributed by atoms with Crippen LogP contribution in [0.5, 0.6) is 0 Å². The summed E-state index contributed by atoms with van der Waals surface area (Å²) in [6.45, 7) is 5.23. The highest BCUT2D eigenvalue weighted by atomic mass is 32.1. The van der Waals surface area contributed by atoms with Gasteiger partial charge in [-0.25, -0.2) is 0 Å². The molecule has 1 aromatic heterocycles. The molecule has 2 rings (SSSR count). The third-order valence-electron chi connectivity index (χ3n) is 3.09. The van der Waals surface area contributed by atoms with Gasteiger partial charge < -0.3 is 15.1 Å². The van der Waals surface area contributed by atoms with Crippen LogP contribution in [0.3, 0.4) is 0 Å². The van der Waals surface area contributed by atoms with Gasteiger partial charge in [-0.2, -0.15) is 0 Å². The second-order valence-corrected chi connectivity index (χ2v) is 5.37. The average molecular weight is 283 g/mol. The van der Waals surface area contributed by atoms with Crippen molar-refractivity contribution in [2.75, 3.05) is 25.5 Å². The first-order valence-corrected chi connectivity index (χ1v) is 6.90. The molecule has 1 aliphatic rings. The van der Waals surface area contributed by atoms with E-state index in [9.17, 15) is 9.59 Å². The van der Waals surface area contributed by atoms with Crippen LogP contribution in [0.1, 0.15) is 19.5 Å². The van der Waals surface area contributed by atoms with E-state index in [1.165, 1.54) is 16.4 Å².